The molecule has 0 bridgehead atoms. The molecule has 0 unspecified atom stereocenters. The Morgan fingerprint density at radius 3 is 2.30 bits per heavy atom. The summed E-state index contributed by atoms with van der Waals surface area (Å²) in [6, 6.07) is 19.2. The zero-order valence-corrected chi connectivity index (χ0v) is 12.2. The lowest BCUT2D eigenvalue weighted by Crippen LogP contribution is -2.10. The summed E-state index contributed by atoms with van der Waals surface area (Å²) in [4.78, 5) is 4.60. The molecule has 0 amide bonds. The van der Waals surface area contributed by atoms with Gasteiger partial charge in [0.05, 0.1) is 5.69 Å². The van der Waals surface area contributed by atoms with Crippen molar-refractivity contribution in [2.75, 3.05) is 0 Å². The van der Waals surface area contributed by atoms with Crippen LogP contribution in [0.1, 0.15) is 26.3 Å². The molecule has 0 N–H and O–H groups in total. The summed E-state index contributed by atoms with van der Waals surface area (Å²) in [5.74, 6) is 0. The van der Waals surface area contributed by atoms with E-state index in [0.29, 0.717) is 0 Å². The van der Waals surface area contributed by atoms with E-state index >= 15 is 0 Å². The summed E-state index contributed by atoms with van der Waals surface area (Å²) >= 11 is 0. The first-order chi connectivity index (χ1) is 9.54. The number of pyridine rings is 1. The predicted molar refractivity (Wildman–Crippen MR) is 85.9 cm³/mol. The Morgan fingerprint density at radius 2 is 1.55 bits per heavy atom. The van der Waals surface area contributed by atoms with Crippen molar-refractivity contribution >= 4 is 10.8 Å². The molecule has 0 aliphatic heterocycles. The molecule has 0 saturated carbocycles. The highest BCUT2D eigenvalue weighted by Crippen LogP contribution is 2.27. The molecule has 100 valence electrons. The van der Waals surface area contributed by atoms with Crippen LogP contribution in [0.3, 0.4) is 0 Å². The van der Waals surface area contributed by atoms with Crippen molar-refractivity contribution in [1.29, 1.82) is 0 Å². The minimum absolute atomic E-state index is 0.160. The van der Waals surface area contributed by atoms with Crippen LogP contribution in [0.25, 0.3) is 22.0 Å². The van der Waals surface area contributed by atoms with E-state index in [4.69, 9.17) is 0 Å². The summed E-state index contributed by atoms with van der Waals surface area (Å²) < 4.78 is 0. The molecule has 0 spiro atoms. The van der Waals surface area contributed by atoms with Gasteiger partial charge in [0, 0.05) is 17.1 Å². The van der Waals surface area contributed by atoms with E-state index in [1.807, 2.05) is 12.3 Å². The number of rotatable bonds is 1. The lowest BCUT2D eigenvalue weighted by atomic mass is 9.86. The smallest absolute Gasteiger partial charge is 0.0708 e. The molecule has 0 atom stereocenters. The lowest BCUT2D eigenvalue weighted by molar-refractivity contribution is 0.590. The topological polar surface area (TPSA) is 12.9 Å². The third-order valence-corrected chi connectivity index (χ3v) is 3.66. The molecular formula is C19H19N. The maximum absolute atomic E-state index is 4.60. The van der Waals surface area contributed by atoms with Crippen molar-refractivity contribution in [2.45, 2.75) is 26.2 Å². The second-order valence-electron chi connectivity index (χ2n) is 6.25. The lowest BCUT2D eigenvalue weighted by Gasteiger charge is -2.19. The van der Waals surface area contributed by atoms with Crippen molar-refractivity contribution in [3.8, 4) is 11.3 Å². The summed E-state index contributed by atoms with van der Waals surface area (Å²) in [6.07, 6.45) is 1.95. The van der Waals surface area contributed by atoms with Crippen LogP contribution in [0.5, 0.6) is 0 Å². The van der Waals surface area contributed by atoms with Crippen molar-refractivity contribution in [3.05, 3.63) is 66.4 Å². The van der Waals surface area contributed by atoms with Crippen LogP contribution in [0, 0.1) is 0 Å². The third-order valence-electron chi connectivity index (χ3n) is 3.66. The number of hydrogen-bond donors (Lipinski definition) is 0. The molecule has 1 heterocycles. The highest BCUT2D eigenvalue weighted by Gasteiger charge is 2.14. The van der Waals surface area contributed by atoms with Gasteiger partial charge in [0.1, 0.15) is 0 Å². The van der Waals surface area contributed by atoms with Gasteiger partial charge in [0.25, 0.3) is 0 Å². The molecule has 20 heavy (non-hydrogen) atoms. The molecule has 1 heteroatoms. The molecule has 0 radical (unpaired) electrons. The van der Waals surface area contributed by atoms with E-state index in [0.717, 1.165) is 5.69 Å². The van der Waals surface area contributed by atoms with Gasteiger partial charge in [-0.25, -0.2) is 0 Å². The molecular weight excluding hydrogens is 242 g/mol. The summed E-state index contributed by atoms with van der Waals surface area (Å²) in [6.45, 7) is 6.71. The molecule has 1 aromatic heterocycles. The second-order valence-corrected chi connectivity index (χ2v) is 6.25. The fourth-order valence-electron chi connectivity index (χ4n) is 2.39. The molecule has 0 aliphatic rings. The number of aromatic nitrogens is 1. The summed E-state index contributed by atoms with van der Waals surface area (Å²) in [5.41, 5.74) is 3.72. The van der Waals surface area contributed by atoms with Crippen LogP contribution in [-0.2, 0) is 5.41 Å². The molecule has 0 fully saturated rings. The van der Waals surface area contributed by atoms with Crippen LogP contribution in [-0.4, -0.2) is 4.98 Å². The van der Waals surface area contributed by atoms with Crippen molar-refractivity contribution in [3.63, 3.8) is 0 Å². The van der Waals surface area contributed by atoms with Gasteiger partial charge in [0.15, 0.2) is 0 Å². The Balaban J connectivity index is 2.11. The highest BCUT2D eigenvalue weighted by atomic mass is 14.7. The molecule has 3 aromatic rings. The Kier molecular flexibility index (Phi) is 3.06. The van der Waals surface area contributed by atoms with E-state index in [1.54, 1.807) is 0 Å². The average molecular weight is 261 g/mol. The fourth-order valence-corrected chi connectivity index (χ4v) is 2.39. The van der Waals surface area contributed by atoms with Crippen molar-refractivity contribution in [2.24, 2.45) is 0 Å². The van der Waals surface area contributed by atoms with Crippen LogP contribution in [0.15, 0.2) is 60.8 Å². The molecule has 2 aromatic carbocycles. The van der Waals surface area contributed by atoms with Crippen LogP contribution in [0.4, 0.5) is 0 Å². The first kappa shape index (κ1) is 12.9. The van der Waals surface area contributed by atoms with Gasteiger partial charge in [-0.2, -0.15) is 0 Å². The van der Waals surface area contributed by atoms with Gasteiger partial charge in [-0.15, -0.1) is 0 Å². The Labute approximate surface area is 120 Å². The zero-order chi connectivity index (χ0) is 14.2. The highest BCUT2D eigenvalue weighted by molar-refractivity contribution is 5.85. The number of hydrogen-bond acceptors (Lipinski definition) is 1. The van der Waals surface area contributed by atoms with Crippen molar-refractivity contribution < 1.29 is 0 Å². The number of nitrogens with zero attached hydrogens (tertiary/aromatic N) is 1. The van der Waals surface area contributed by atoms with Crippen LogP contribution < -0.4 is 0 Å². The third kappa shape index (κ3) is 2.44. The van der Waals surface area contributed by atoms with E-state index in [9.17, 15) is 0 Å². The maximum atomic E-state index is 4.60. The quantitative estimate of drug-likeness (QED) is 0.586. The Hall–Kier alpha value is -2.15. The average Bonchev–Trinajstić information content (AvgIpc) is 2.46. The SMILES string of the molecule is CC(C)(C)c1cccc(-c2cc3ccccc3cn2)c1. The van der Waals surface area contributed by atoms with E-state index in [-0.39, 0.29) is 5.41 Å². The summed E-state index contributed by atoms with van der Waals surface area (Å²) in [7, 11) is 0. The summed E-state index contributed by atoms with van der Waals surface area (Å²) in [5, 5.41) is 2.42. The first-order valence-corrected chi connectivity index (χ1v) is 7.00. The van der Waals surface area contributed by atoms with E-state index < -0.39 is 0 Å². The van der Waals surface area contributed by atoms with E-state index in [2.05, 4.69) is 74.3 Å². The second kappa shape index (κ2) is 4.75. The minimum atomic E-state index is 0.160. The molecule has 0 saturated heterocycles. The fraction of sp³-hybridized carbons (Fsp3) is 0.211. The molecule has 1 nitrogen and oxygen atoms in total. The van der Waals surface area contributed by atoms with Gasteiger partial charge in [-0.3, -0.25) is 4.98 Å². The number of benzene rings is 2. The largest absolute Gasteiger partial charge is 0.256 e. The Morgan fingerprint density at radius 1 is 0.800 bits per heavy atom. The standard InChI is InChI=1S/C19H19N/c1-19(2,3)17-10-6-9-15(11-17)18-12-14-7-4-5-8-16(14)13-20-18/h4-13H,1-3H3. The van der Waals surface area contributed by atoms with Gasteiger partial charge in [0.2, 0.25) is 0 Å². The molecule has 3 rings (SSSR count). The molecule has 0 aliphatic carbocycles. The van der Waals surface area contributed by atoms with Gasteiger partial charge in [-0.05, 0) is 28.5 Å². The van der Waals surface area contributed by atoms with Crippen LogP contribution >= 0.6 is 0 Å². The van der Waals surface area contributed by atoms with Crippen molar-refractivity contribution in [1.82, 2.24) is 4.98 Å². The monoisotopic (exact) mass is 261 g/mol. The maximum Gasteiger partial charge on any atom is 0.0708 e. The Bertz CT molecular complexity index is 751. The van der Waals surface area contributed by atoms with Crippen LogP contribution in [0.2, 0.25) is 0 Å². The minimum Gasteiger partial charge on any atom is -0.256 e. The zero-order valence-electron chi connectivity index (χ0n) is 12.2. The predicted octanol–water partition coefficient (Wildman–Crippen LogP) is 5.20. The van der Waals surface area contributed by atoms with Gasteiger partial charge >= 0.3 is 0 Å². The van der Waals surface area contributed by atoms with Gasteiger partial charge in [-0.1, -0.05) is 63.2 Å². The number of fused-ring (bicyclic) bond motifs is 1. The van der Waals surface area contributed by atoms with E-state index in [1.165, 1.54) is 21.9 Å². The normalized spacial score (nSPS) is 11.8. The van der Waals surface area contributed by atoms with Gasteiger partial charge < -0.3 is 0 Å². The first-order valence-electron chi connectivity index (χ1n) is 7.00.